The molecule has 0 spiro atoms. The molecular weight excluding hydrogens is 166 g/mol. The van der Waals surface area contributed by atoms with Gasteiger partial charge in [0.2, 0.25) is 0 Å². The minimum atomic E-state index is 0.334. The van der Waals surface area contributed by atoms with Gasteiger partial charge in [-0.05, 0) is 6.92 Å². The van der Waals surface area contributed by atoms with E-state index in [4.69, 9.17) is 9.47 Å². The molecule has 0 aromatic carbocycles. The van der Waals surface area contributed by atoms with E-state index in [1.165, 1.54) is 0 Å². The van der Waals surface area contributed by atoms with Crippen LogP contribution in [0.3, 0.4) is 0 Å². The molecule has 1 saturated heterocycles. The molecule has 0 aromatic rings. The predicted octanol–water partition coefficient (Wildman–Crippen LogP) is 0.405. The largest absolute Gasteiger partial charge is 0.377 e. The van der Waals surface area contributed by atoms with Crippen molar-refractivity contribution in [1.29, 1.82) is 0 Å². The Kier molecular flexibility index (Phi) is 5.59. The Morgan fingerprint density at radius 3 is 2.62 bits per heavy atom. The monoisotopic (exact) mass is 183 g/mol. The summed E-state index contributed by atoms with van der Waals surface area (Å²) in [4.78, 5) is 0. The lowest BCUT2D eigenvalue weighted by Gasteiger charge is -2.13. The second-order valence-electron chi connectivity index (χ2n) is 2.98. The molecule has 1 N–H and O–H groups in total. The maximum Gasteiger partial charge on any atom is 0.0701 e. The first kappa shape index (κ1) is 10.5. The van der Waals surface area contributed by atoms with Crippen molar-refractivity contribution in [2.24, 2.45) is 0 Å². The van der Waals surface area contributed by atoms with Gasteiger partial charge in [-0.1, -0.05) is 0 Å². The first-order valence-corrected chi connectivity index (χ1v) is 4.72. The van der Waals surface area contributed by atoms with Gasteiger partial charge < -0.3 is 14.8 Å². The van der Waals surface area contributed by atoms with Crippen LogP contribution in [0.25, 0.3) is 0 Å². The second kappa shape index (κ2) is 6.90. The third-order valence-corrected chi connectivity index (χ3v) is 1.87. The molecule has 1 aliphatic rings. The van der Waals surface area contributed by atoms with Crippen LogP contribution < -0.4 is 5.32 Å². The Morgan fingerprint density at radius 2 is 2.00 bits per heavy atom. The normalized spacial score (nSPS) is 18.8. The van der Waals surface area contributed by atoms with E-state index in [1.54, 1.807) is 0 Å². The van der Waals surface area contributed by atoms with Crippen molar-refractivity contribution < 1.29 is 9.47 Å². The summed E-state index contributed by atoms with van der Waals surface area (Å²) in [5.74, 6) is 5.87. The third-order valence-electron chi connectivity index (χ3n) is 1.87. The summed E-state index contributed by atoms with van der Waals surface area (Å²) in [6.07, 6.45) is 0.896. The van der Waals surface area contributed by atoms with Gasteiger partial charge in [0.1, 0.15) is 0 Å². The average molecular weight is 183 g/mol. The van der Waals surface area contributed by atoms with E-state index >= 15 is 0 Å². The van der Waals surface area contributed by atoms with Crippen LogP contribution in [0.2, 0.25) is 0 Å². The van der Waals surface area contributed by atoms with Crippen molar-refractivity contribution in [3.8, 4) is 11.8 Å². The number of hydrogen-bond acceptors (Lipinski definition) is 3. The fourth-order valence-electron chi connectivity index (χ4n) is 1.20. The standard InChI is InChI=1S/C10H17NO2/c1-2-3-4-5-11-10-8-12-6-7-13-9-10/h10-11H,4-9H2,1H3. The highest BCUT2D eigenvalue weighted by atomic mass is 16.5. The molecule has 1 fully saturated rings. The molecule has 0 aliphatic carbocycles. The van der Waals surface area contributed by atoms with E-state index < -0.39 is 0 Å². The summed E-state index contributed by atoms with van der Waals surface area (Å²) < 4.78 is 10.7. The van der Waals surface area contributed by atoms with Gasteiger partial charge in [0.25, 0.3) is 0 Å². The lowest BCUT2D eigenvalue weighted by atomic mass is 10.3. The molecule has 74 valence electrons. The fraction of sp³-hybridized carbons (Fsp3) is 0.800. The van der Waals surface area contributed by atoms with Gasteiger partial charge in [0, 0.05) is 13.0 Å². The molecule has 0 amide bonds. The zero-order chi connectivity index (χ0) is 9.36. The van der Waals surface area contributed by atoms with E-state index in [1.807, 2.05) is 6.92 Å². The van der Waals surface area contributed by atoms with Crippen LogP contribution in [0.15, 0.2) is 0 Å². The fourth-order valence-corrected chi connectivity index (χ4v) is 1.20. The Morgan fingerprint density at radius 1 is 1.31 bits per heavy atom. The van der Waals surface area contributed by atoms with E-state index in [2.05, 4.69) is 17.2 Å². The molecule has 1 aliphatic heterocycles. The Balaban J connectivity index is 2.07. The first-order chi connectivity index (χ1) is 6.43. The van der Waals surface area contributed by atoms with Crippen LogP contribution in [0, 0.1) is 11.8 Å². The molecule has 1 rings (SSSR count). The third kappa shape index (κ3) is 4.89. The van der Waals surface area contributed by atoms with Gasteiger partial charge in [-0.3, -0.25) is 0 Å². The van der Waals surface area contributed by atoms with E-state index in [0.29, 0.717) is 19.3 Å². The molecule has 0 saturated carbocycles. The van der Waals surface area contributed by atoms with E-state index in [-0.39, 0.29) is 0 Å². The molecule has 3 nitrogen and oxygen atoms in total. The molecule has 0 bridgehead atoms. The van der Waals surface area contributed by atoms with Crippen LogP contribution in [-0.4, -0.2) is 39.0 Å². The van der Waals surface area contributed by atoms with Crippen molar-refractivity contribution in [3.05, 3.63) is 0 Å². The predicted molar refractivity (Wildman–Crippen MR) is 51.5 cm³/mol. The number of ether oxygens (including phenoxy) is 2. The van der Waals surface area contributed by atoms with E-state index in [9.17, 15) is 0 Å². The maximum absolute atomic E-state index is 5.34. The summed E-state index contributed by atoms with van der Waals surface area (Å²) in [7, 11) is 0. The SMILES string of the molecule is CC#CCCNC1COCCOC1. The minimum absolute atomic E-state index is 0.334. The highest BCUT2D eigenvalue weighted by molar-refractivity contribution is 4.95. The Bertz CT molecular complexity index is 175. The van der Waals surface area contributed by atoms with Crippen molar-refractivity contribution >= 4 is 0 Å². The van der Waals surface area contributed by atoms with Gasteiger partial charge in [-0.15, -0.1) is 11.8 Å². The summed E-state index contributed by atoms with van der Waals surface area (Å²) in [6, 6.07) is 0.334. The van der Waals surface area contributed by atoms with Gasteiger partial charge in [-0.2, -0.15) is 0 Å². The summed E-state index contributed by atoms with van der Waals surface area (Å²) in [5.41, 5.74) is 0. The van der Waals surface area contributed by atoms with Crippen LogP contribution >= 0.6 is 0 Å². The topological polar surface area (TPSA) is 30.5 Å². The molecule has 13 heavy (non-hydrogen) atoms. The number of rotatable bonds is 3. The lowest BCUT2D eigenvalue weighted by Crippen LogP contribution is -2.36. The summed E-state index contributed by atoms with van der Waals surface area (Å²) >= 11 is 0. The Hall–Kier alpha value is -0.560. The lowest BCUT2D eigenvalue weighted by molar-refractivity contribution is 0.103. The molecule has 0 atom stereocenters. The minimum Gasteiger partial charge on any atom is -0.377 e. The van der Waals surface area contributed by atoms with Crippen LogP contribution in [0.5, 0.6) is 0 Å². The highest BCUT2D eigenvalue weighted by Crippen LogP contribution is 1.94. The second-order valence-corrected chi connectivity index (χ2v) is 2.98. The summed E-state index contributed by atoms with van der Waals surface area (Å²) in [6.45, 7) is 5.70. The zero-order valence-electron chi connectivity index (χ0n) is 8.14. The van der Waals surface area contributed by atoms with Crippen LogP contribution in [0.1, 0.15) is 13.3 Å². The zero-order valence-corrected chi connectivity index (χ0v) is 8.14. The number of hydrogen-bond donors (Lipinski definition) is 1. The number of nitrogens with one attached hydrogen (secondary N) is 1. The average Bonchev–Trinajstić information content (AvgIpc) is 2.41. The Labute approximate surface area is 79.8 Å². The molecule has 0 radical (unpaired) electrons. The van der Waals surface area contributed by atoms with Crippen molar-refractivity contribution in [2.75, 3.05) is 33.0 Å². The molecule has 0 unspecified atom stereocenters. The van der Waals surface area contributed by atoms with Crippen LogP contribution in [-0.2, 0) is 9.47 Å². The highest BCUT2D eigenvalue weighted by Gasteiger charge is 2.10. The molecular formula is C10H17NO2. The van der Waals surface area contributed by atoms with Crippen LogP contribution in [0.4, 0.5) is 0 Å². The van der Waals surface area contributed by atoms with Gasteiger partial charge in [0.15, 0.2) is 0 Å². The quantitative estimate of drug-likeness (QED) is 0.507. The van der Waals surface area contributed by atoms with Crippen molar-refractivity contribution in [3.63, 3.8) is 0 Å². The van der Waals surface area contributed by atoms with Gasteiger partial charge >= 0.3 is 0 Å². The molecule has 1 heterocycles. The van der Waals surface area contributed by atoms with Crippen molar-refractivity contribution in [1.82, 2.24) is 5.32 Å². The van der Waals surface area contributed by atoms with Gasteiger partial charge in [-0.25, -0.2) is 0 Å². The molecule has 0 aromatic heterocycles. The smallest absolute Gasteiger partial charge is 0.0701 e. The van der Waals surface area contributed by atoms with E-state index in [0.717, 1.165) is 26.2 Å². The van der Waals surface area contributed by atoms with Crippen molar-refractivity contribution in [2.45, 2.75) is 19.4 Å². The maximum atomic E-state index is 5.34. The summed E-state index contributed by atoms with van der Waals surface area (Å²) in [5, 5.41) is 3.34. The first-order valence-electron chi connectivity index (χ1n) is 4.72. The van der Waals surface area contributed by atoms with Gasteiger partial charge in [0.05, 0.1) is 32.5 Å². The molecule has 3 heteroatoms.